The average Bonchev–Trinajstić information content (AvgIpc) is 2.37. The van der Waals surface area contributed by atoms with Gasteiger partial charge in [0, 0.05) is 17.8 Å². The van der Waals surface area contributed by atoms with Gasteiger partial charge in [0.05, 0.1) is 5.56 Å². The minimum Gasteiger partial charge on any atom is -0.449 e. The van der Waals surface area contributed by atoms with Gasteiger partial charge in [0.15, 0.2) is 6.10 Å². The van der Waals surface area contributed by atoms with Gasteiger partial charge in [-0.25, -0.2) is 9.59 Å². The van der Waals surface area contributed by atoms with Crippen LogP contribution in [0.3, 0.4) is 0 Å². The average molecular weight is 300 g/mol. The number of benzene rings is 1. The number of rotatable bonds is 3. The number of esters is 1. The monoisotopic (exact) mass is 299 g/mol. The lowest BCUT2D eigenvalue weighted by atomic mass is 10.2. The van der Waals surface area contributed by atoms with Crippen LogP contribution in [-0.4, -0.2) is 31.1 Å². The van der Waals surface area contributed by atoms with E-state index in [2.05, 4.69) is 5.32 Å². The Balaban J connectivity index is 2.70. The molecular weight excluding hydrogens is 286 g/mol. The van der Waals surface area contributed by atoms with Crippen molar-refractivity contribution in [1.29, 1.82) is 0 Å². The van der Waals surface area contributed by atoms with Crippen LogP contribution >= 0.6 is 11.6 Å². The SMILES string of the molecule is CNC(=O)NC(=O)C(C)OC(=O)c1cc(N)cc(Cl)c1. The van der Waals surface area contributed by atoms with E-state index in [0.29, 0.717) is 5.69 Å². The molecule has 0 aromatic heterocycles. The number of ether oxygens (including phenoxy) is 1. The largest absolute Gasteiger partial charge is 0.449 e. The molecule has 0 aliphatic rings. The van der Waals surface area contributed by atoms with Crippen LogP contribution in [0.4, 0.5) is 10.5 Å². The lowest BCUT2D eigenvalue weighted by Crippen LogP contribution is -2.43. The highest BCUT2D eigenvalue weighted by molar-refractivity contribution is 6.31. The maximum absolute atomic E-state index is 11.8. The Labute approximate surface area is 120 Å². The summed E-state index contributed by atoms with van der Waals surface area (Å²) < 4.78 is 4.91. The maximum Gasteiger partial charge on any atom is 0.339 e. The summed E-state index contributed by atoms with van der Waals surface area (Å²) in [7, 11) is 1.36. The molecule has 1 rings (SSSR count). The third-order valence-corrected chi connectivity index (χ3v) is 2.49. The van der Waals surface area contributed by atoms with E-state index in [1.807, 2.05) is 5.32 Å². The molecule has 1 aromatic carbocycles. The molecule has 1 aromatic rings. The van der Waals surface area contributed by atoms with Gasteiger partial charge in [-0.15, -0.1) is 0 Å². The van der Waals surface area contributed by atoms with E-state index in [0.717, 1.165) is 0 Å². The summed E-state index contributed by atoms with van der Waals surface area (Å²) >= 11 is 5.76. The van der Waals surface area contributed by atoms with E-state index in [4.69, 9.17) is 22.1 Å². The number of imide groups is 1. The lowest BCUT2D eigenvalue weighted by Gasteiger charge is -2.13. The molecule has 0 heterocycles. The second-order valence-electron chi connectivity index (χ2n) is 3.89. The summed E-state index contributed by atoms with van der Waals surface area (Å²) in [5.41, 5.74) is 5.97. The van der Waals surface area contributed by atoms with E-state index < -0.39 is 24.0 Å². The predicted octanol–water partition coefficient (Wildman–Crippen LogP) is 0.923. The predicted molar refractivity (Wildman–Crippen MR) is 73.3 cm³/mol. The van der Waals surface area contributed by atoms with Crippen LogP contribution in [0.15, 0.2) is 18.2 Å². The zero-order chi connectivity index (χ0) is 15.3. The molecule has 1 unspecified atom stereocenters. The van der Waals surface area contributed by atoms with Crippen molar-refractivity contribution in [3.8, 4) is 0 Å². The van der Waals surface area contributed by atoms with E-state index in [9.17, 15) is 14.4 Å². The first-order chi connectivity index (χ1) is 9.33. The minimum atomic E-state index is -1.14. The fourth-order valence-electron chi connectivity index (χ4n) is 1.29. The van der Waals surface area contributed by atoms with Crippen LogP contribution in [-0.2, 0) is 9.53 Å². The molecule has 3 amide bonds. The summed E-state index contributed by atoms with van der Waals surface area (Å²) in [4.78, 5) is 34.3. The van der Waals surface area contributed by atoms with E-state index in [1.54, 1.807) is 0 Å². The van der Waals surface area contributed by atoms with Crippen molar-refractivity contribution < 1.29 is 19.1 Å². The standard InChI is InChI=1S/C12H14ClN3O4/c1-6(10(17)16-12(19)15-2)20-11(18)7-3-8(13)5-9(14)4-7/h3-6H,14H2,1-2H3,(H2,15,16,17,19). The fraction of sp³-hybridized carbons (Fsp3) is 0.250. The topological polar surface area (TPSA) is 111 Å². The van der Waals surface area contributed by atoms with Crippen LogP contribution in [0.25, 0.3) is 0 Å². The van der Waals surface area contributed by atoms with Crippen LogP contribution in [0.1, 0.15) is 17.3 Å². The highest BCUT2D eigenvalue weighted by Crippen LogP contribution is 2.17. The summed E-state index contributed by atoms with van der Waals surface area (Å²) in [6.07, 6.45) is -1.14. The quantitative estimate of drug-likeness (QED) is 0.568. The van der Waals surface area contributed by atoms with Crippen molar-refractivity contribution in [2.24, 2.45) is 0 Å². The Bertz CT molecular complexity index is 527. The summed E-state index contributed by atoms with van der Waals surface area (Å²) in [6, 6.07) is 3.52. The van der Waals surface area contributed by atoms with Crippen molar-refractivity contribution >= 4 is 35.2 Å². The van der Waals surface area contributed by atoms with Gasteiger partial charge in [-0.1, -0.05) is 11.6 Å². The molecule has 0 spiro atoms. The van der Waals surface area contributed by atoms with Crippen LogP contribution in [0.2, 0.25) is 5.02 Å². The molecule has 0 radical (unpaired) electrons. The summed E-state index contributed by atoms with van der Waals surface area (Å²) in [5, 5.41) is 4.47. The number of nitrogen functional groups attached to an aromatic ring is 1. The molecule has 0 aliphatic heterocycles. The number of nitrogens with one attached hydrogen (secondary N) is 2. The molecule has 0 saturated heterocycles. The fourth-order valence-corrected chi connectivity index (χ4v) is 1.53. The van der Waals surface area contributed by atoms with Gasteiger partial charge in [-0.3, -0.25) is 10.1 Å². The highest BCUT2D eigenvalue weighted by Gasteiger charge is 2.20. The molecular formula is C12H14ClN3O4. The molecule has 0 bridgehead atoms. The Morgan fingerprint density at radius 1 is 1.30 bits per heavy atom. The molecule has 7 nitrogen and oxygen atoms in total. The number of carbonyl (C=O) groups excluding carboxylic acids is 3. The molecule has 20 heavy (non-hydrogen) atoms. The van der Waals surface area contributed by atoms with Crippen LogP contribution < -0.4 is 16.4 Å². The number of hydrogen-bond acceptors (Lipinski definition) is 5. The first kappa shape index (κ1) is 15.8. The first-order valence-corrected chi connectivity index (χ1v) is 6.01. The number of amides is 3. The Hall–Kier alpha value is -2.28. The van der Waals surface area contributed by atoms with Crippen molar-refractivity contribution in [2.45, 2.75) is 13.0 Å². The number of carbonyl (C=O) groups is 3. The van der Waals surface area contributed by atoms with Gasteiger partial charge >= 0.3 is 12.0 Å². The molecule has 8 heteroatoms. The zero-order valence-electron chi connectivity index (χ0n) is 10.9. The second kappa shape index (κ2) is 6.76. The van der Waals surface area contributed by atoms with Crippen LogP contribution in [0.5, 0.6) is 0 Å². The number of hydrogen-bond donors (Lipinski definition) is 3. The number of nitrogens with two attached hydrogens (primary N) is 1. The highest BCUT2D eigenvalue weighted by atomic mass is 35.5. The van der Waals surface area contributed by atoms with Crippen LogP contribution in [0, 0.1) is 0 Å². The second-order valence-corrected chi connectivity index (χ2v) is 4.33. The van der Waals surface area contributed by atoms with Gasteiger partial charge in [-0.2, -0.15) is 0 Å². The maximum atomic E-state index is 11.8. The van der Waals surface area contributed by atoms with Crippen molar-refractivity contribution in [3.63, 3.8) is 0 Å². The zero-order valence-corrected chi connectivity index (χ0v) is 11.7. The summed E-state index contributed by atoms with van der Waals surface area (Å²) in [5.74, 6) is -1.51. The molecule has 0 saturated carbocycles. The number of halogens is 1. The normalized spacial score (nSPS) is 11.3. The van der Waals surface area contributed by atoms with E-state index >= 15 is 0 Å². The molecule has 1 atom stereocenters. The van der Waals surface area contributed by atoms with Gasteiger partial charge in [0.1, 0.15) is 0 Å². The van der Waals surface area contributed by atoms with Crippen molar-refractivity contribution in [3.05, 3.63) is 28.8 Å². The molecule has 108 valence electrons. The number of anilines is 1. The minimum absolute atomic E-state index is 0.120. The molecule has 4 N–H and O–H groups in total. The smallest absolute Gasteiger partial charge is 0.339 e. The number of urea groups is 1. The van der Waals surface area contributed by atoms with Gasteiger partial charge in [0.25, 0.3) is 5.91 Å². The Morgan fingerprint density at radius 3 is 2.50 bits per heavy atom. The van der Waals surface area contributed by atoms with E-state index in [1.165, 1.54) is 32.2 Å². The van der Waals surface area contributed by atoms with E-state index in [-0.39, 0.29) is 10.6 Å². The summed E-state index contributed by atoms with van der Waals surface area (Å²) in [6.45, 7) is 1.34. The van der Waals surface area contributed by atoms with Gasteiger partial charge in [-0.05, 0) is 25.1 Å². The first-order valence-electron chi connectivity index (χ1n) is 5.63. The Morgan fingerprint density at radius 2 is 1.95 bits per heavy atom. The molecule has 0 fully saturated rings. The third kappa shape index (κ3) is 4.43. The van der Waals surface area contributed by atoms with Crippen molar-refractivity contribution in [2.75, 3.05) is 12.8 Å². The van der Waals surface area contributed by atoms with Gasteiger partial charge < -0.3 is 15.8 Å². The van der Waals surface area contributed by atoms with Gasteiger partial charge in [0.2, 0.25) is 0 Å². The lowest BCUT2D eigenvalue weighted by molar-refractivity contribution is -0.127. The van der Waals surface area contributed by atoms with Crippen molar-refractivity contribution in [1.82, 2.24) is 10.6 Å². The third-order valence-electron chi connectivity index (χ3n) is 2.27. The molecule has 0 aliphatic carbocycles. The Kier molecular flexibility index (Phi) is 5.33.